The number of ether oxygens (including phenoxy) is 1. The molecule has 0 fully saturated rings. The molecule has 172 valence electrons. The second-order valence-corrected chi connectivity index (χ2v) is 9.42. The first-order chi connectivity index (χ1) is 15.8. The van der Waals surface area contributed by atoms with Crippen molar-refractivity contribution in [2.24, 2.45) is 5.10 Å². The number of nitrogens with zero attached hydrogens (tertiary/aromatic N) is 2. The van der Waals surface area contributed by atoms with E-state index in [0.29, 0.717) is 33.7 Å². The van der Waals surface area contributed by atoms with Crippen LogP contribution >= 0.6 is 23.2 Å². The molecule has 7 nitrogen and oxygen atoms in total. The van der Waals surface area contributed by atoms with Crippen LogP contribution in [0.2, 0.25) is 10.0 Å². The summed E-state index contributed by atoms with van der Waals surface area (Å²) >= 11 is 11.9. The molecule has 1 amide bonds. The number of sulfonamides is 1. The van der Waals surface area contributed by atoms with Crippen molar-refractivity contribution in [3.05, 3.63) is 88.4 Å². The van der Waals surface area contributed by atoms with Gasteiger partial charge in [-0.1, -0.05) is 47.5 Å². The maximum absolute atomic E-state index is 13.3. The molecule has 3 aromatic rings. The topological polar surface area (TPSA) is 88.1 Å². The lowest BCUT2D eigenvalue weighted by Crippen LogP contribution is -2.39. The molecule has 0 heterocycles. The fraction of sp³-hybridized carbons (Fsp3) is 0.130. The average Bonchev–Trinajstić information content (AvgIpc) is 2.80. The molecular formula is C23H21Cl2N3O4S. The monoisotopic (exact) mass is 505 g/mol. The molecule has 0 aliphatic carbocycles. The van der Waals surface area contributed by atoms with Crippen molar-refractivity contribution < 1.29 is 17.9 Å². The van der Waals surface area contributed by atoms with E-state index in [4.69, 9.17) is 27.9 Å². The largest absolute Gasteiger partial charge is 0.494 e. The van der Waals surface area contributed by atoms with E-state index in [-0.39, 0.29) is 4.90 Å². The van der Waals surface area contributed by atoms with E-state index in [1.165, 1.54) is 18.3 Å². The summed E-state index contributed by atoms with van der Waals surface area (Å²) in [4.78, 5) is 12.6. The third-order valence-corrected chi connectivity index (χ3v) is 6.76. The van der Waals surface area contributed by atoms with Crippen molar-refractivity contribution in [1.29, 1.82) is 0 Å². The smallest absolute Gasteiger partial charge is 0.264 e. The number of nitrogens with one attached hydrogen (secondary N) is 1. The first-order valence-corrected chi connectivity index (χ1v) is 12.1. The third-order valence-electron chi connectivity index (χ3n) is 4.41. The van der Waals surface area contributed by atoms with Crippen LogP contribution in [0.5, 0.6) is 5.75 Å². The van der Waals surface area contributed by atoms with Gasteiger partial charge in [-0.15, -0.1) is 0 Å². The Balaban J connectivity index is 1.81. The van der Waals surface area contributed by atoms with Gasteiger partial charge in [0, 0.05) is 10.6 Å². The Morgan fingerprint density at radius 2 is 1.76 bits per heavy atom. The van der Waals surface area contributed by atoms with Gasteiger partial charge in [-0.25, -0.2) is 13.8 Å². The second-order valence-electron chi connectivity index (χ2n) is 6.71. The number of hydrazone groups is 1. The molecule has 0 aliphatic heterocycles. The Bertz CT molecular complexity index is 1230. The van der Waals surface area contributed by atoms with Crippen LogP contribution in [0, 0.1) is 0 Å². The van der Waals surface area contributed by atoms with Gasteiger partial charge in [0.15, 0.2) is 0 Å². The predicted molar refractivity (Wildman–Crippen MR) is 131 cm³/mol. The molecular weight excluding hydrogens is 485 g/mol. The molecule has 0 spiro atoms. The molecule has 0 radical (unpaired) electrons. The van der Waals surface area contributed by atoms with Gasteiger partial charge < -0.3 is 4.74 Å². The molecule has 0 aliphatic rings. The molecule has 0 bridgehead atoms. The minimum Gasteiger partial charge on any atom is -0.494 e. The van der Waals surface area contributed by atoms with Crippen molar-refractivity contribution in [3.8, 4) is 5.75 Å². The number of carbonyl (C=O) groups is 1. The second kappa shape index (κ2) is 11.2. The highest BCUT2D eigenvalue weighted by atomic mass is 35.5. The van der Waals surface area contributed by atoms with E-state index in [1.54, 1.807) is 60.7 Å². The summed E-state index contributed by atoms with van der Waals surface area (Å²) in [5.74, 6) is -0.0784. The molecule has 0 saturated heterocycles. The molecule has 3 rings (SSSR count). The van der Waals surface area contributed by atoms with Crippen LogP contribution in [0.4, 0.5) is 5.69 Å². The summed E-state index contributed by atoms with van der Waals surface area (Å²) in [6.45, 7) is 1.82. The zero-order valence-electron chi connectivity index (χ0n) is 17.6. The van der Waals surface area contributed by atoms with Gasteiger partial charge in [0.2, 0.25) is 0 Å². The first kappa shape index (κ1) is 24.6. The third kappa shape index (κ3) is 6.47. The maximum atomic E-state index is 13.3. The fourth-order valence-electron chi connectivity index (χ4n) is 2.86. The lowest BCUT2D eigenvalue weighted by Gasteiger charge is -2.23. The Morgan fingerprint density at radius 1 is 1.06 bits per heavy atom. The standard InChI is InChI=1S/C23H21Cl2N3O4S/c1-2-32-20-10-12-21(13-11-20)33(30,31)28(19-6-4-3-5-7-19)16-23(29)27-26-15-17-8-9-18(24)14-22(17)25/h3-15H,2,16H2,1H3,(H,27,29)/b26-15-. The minimum absolute atomic E-state index is 0.0269. The van der Waals surface area contributed by atoms with Gasteiger partial charge in [-0.3, -0.25) is 9.10 Å². The van der Waals surface area contributed by atoms with Gasteiger partial charge in [-0.2, -0.15) is 5.10 Å². The van der Waals surface area contributed by atoms with E-state index in [1.807, 2.05) is 6.92 Å². The van der Waals surface area contributed by atoms with Crippen molar-refractivity contribution in [1.82, 2.24) is 5.43 Å². The summed E-state index contributed by atoms with van der Waals surface area (Å²) in [5, 5.41) is 4.71. The lowest BCUT2D eigenvalue weighted by molar-refractivity contribution is -0.119. The SMILES string of the molecule is CCOc1ccc(S(=O)(=O)N(CC(=O)N/N=C\c2ccc(Cl)cc2Cl)c2ccccc2)cc1. The average molecular weight is 506 g/mol. The summed E-state index contributed by atoms with van der Waals surface area (Å²) in [6.07, 6.45) is 1.35. The van der Waals surface area contributed by atoms with Crippen LogP contribution in [0.15, 0.2) is 82.8 Å². The highest BCUT2D eigenvalue weighted by Crippen LogP contribution is 2.25. The highest BCUT2D eigenvalue weighted by molar-refractivity contribution is 7.92. The Morgan fingerprint density at radius 3 is 2.39 bits per heavy atom. The van der Waals surface area contributed by atoms with Gasteiger partial charge in [-0.05, 0) is 55.5 Å². The number of benzene rings is 3. The molecule has 0 unspecified atom stereocenters. The van der Waals surface area contributed by atoms with Crippen LogP contribution in [-0.2, 0) is 14.8 Å². The van der Waals surface area contributed by atoms with Crippen molar-refractivity contribution in [3.63, 3.8) is 0 Å². The molecule has 3 aromatic carbocycles. The fourth-order valence-corrected chi connectivity index (χ4v) is 4.74. The van der Waals surface area contributed by atoms with Crippen LogP contribution in [0.1, 0.15) is 12.5 Å². The number of para-hydroxylation sites is 1. The number of hydrogen-bond acceptors (Lipinski definition) is 5. The molecule has 0 atom stereocenters. The van der Waals surface area contributed by atoms with Crippen LogP contribution in [-0.4, -0.2) is 33.7 Å². The zero-order chi connectivity index (χ0) is 23.8. The quantitative estimate of drug-likeness (QED) is 0.336. The maximum Gasteiger partial charge on any atom is 0.264 e. The van der Waals surface area contributed by atoms with Gasteiger partial charge in [0.1, 0.15) is 12.3 Å². The van der Waals surface area contributed by atoms with Crippen LogP contribution < -0.4 is 14.5 Å². The Hall–Kier alpha value is -3.07. The molecule has 0 aromatic heterocycles. The number of amides is 1. The van der Waals surface area contributed by atoms with E-state index in [2.05, 4.69) is 10.5 Å². The molecule has 1 N–H and O–H groups in total. The van der Waals surface area contributed by atoms with E-state index in [9.17, 15) is 13.2 Å². The van der Waals surface area contributed by atoms with E-state index < -0.39 is 22.5 Å². The number of rotatable bonds is 9. The number of halogens is 2. The van der Waals surface area contributed by atoms with Gasteiger partial charge >= 0.3 is 0 Å². The zero-order valence-corrected chi connectivity index (χ0v) is 19.9. The first-order valence-electron chi connectivity index (χ1n) is 9.89. The highest BCUT2D eigenvalue weighted by Gasteiger charge is 2.27. The van der Waals surface area contributed by atoms with Crippen molar-refractivity contribution in [2.45, 2.75) is 11.8 Å². The summed E-state index contributed by atoms with van der Waals surface area (Å²) in [5.41, 5.74) is 3.22. The van der Waals surface area contributed by atoms with Crippen LogP contribution in [0.25, 0.3) is 0 Å². The van der Waals surface area contributed by atoms with Crippen LogP contribution in [0.3, 0.4) is 0 Å². The van der Waals surface area contributed by atoms with Crippen molar-refractivity contribution in [2.75, 3.05) is 17.5 Å². The Kier molecular flexibility index (Phi) is 8.32. The normalized spacial score (nSPS) is 11.4. The predicted octanol–water partition coefficient (Wildman–Crippen LogP) is 4.74. The van der Waals surface area contributed by atoms with E-state index >= 15 is 0 Å². The summed E-state index contributed by atoms with van der Waals surface area (Å²) in [6, 6.07) is 19.2. The molecule has 10 heteroatoms. The number of hydrogen-bond donors (Lipinski definition) is 1. The lowest BCUT2D eigenvalue weighted by atomic mass is 10.2. The summed E-state index contributed by atoms with van der Waals surface area (Å²) < 4.78 is 33.1. The minimum atomic E-state index is -4.04. The van der Waals surface area contributed by atoms with Crippen molar-refractivity contribution >= 4 is 51.0 Å². The van der Waals surface area contributed by atoms with E-state index in [0.717, 1.165) is 4.31 Å². The van der Waals surface area contributed by atoms with Gasteiger partial charge in [0.05, 0.1) is 28.4 Å². The molecule has 0 saturated carbocycles. The molecule has 33 heavy (non-hydrogen) atoms. The number of anilines is 1. The summed E-state index contributed by atoms with van der Waals surface area (Å²) in [7, 11) is -4.04. The van der Waals surface area contributed by atoms with Gasteiger partial charge in [0.25, 0.3) is 15.9 Å². The number of carbonyl (C=O) groups excluding carboxylic acids is 1. The Labute approximate surface area is 202 Å².